The topological polar surface area (TPSA) is 197 Å². The number of anilines is 2. The fourth-order valence-electron chi connectivity index (χ4n) is 5.99. The van der Waals surface area contributed by atoms with Crippen LogP contribution in [-0.2, 0) is 26.7 Å². The number of unbranched alkanes of at least 4 members (excludes halogenated alkanes) is 3. The third-order valence-electron chi connectivity index (χ3n) is 8.99. The van der Waals surface area contributed by atoms with Gasteiger partial charge in [0.2, 0.25) is 11.8 Å². The van der Waals surface area contributed by atoms with E-state index in [1.807, 2.05) is 0 Å². The molecule has 2 aliphatic heterocycles. The number of nitrogens with zero attached hydrogens (tertiary/aromatic N) is 3. The van der Waals surface area contributed by atoms with Gasteiger partial charge in [-0.25, -0.2) is 15.0 Å². The van der Waals surface area contributed by atoms with Crippen LogP contribution < -0.4 is 31.8 Å². The molecule has 21 heteroatoms. The van der Waals surface area contributed by atoms with Gasteiger partial charge in [0.15, 0.2) is 5.75 Å². The highest BCUT2D eigenvalue weighted by molar-refractivity contribution is 6.25. The quantitative estimate of drug-likeness (QED) is 0.0429. The number of ether oxygens (including phenoxy) is 1. The number of fused-ring (bicyclic) bond motifs is 1. The molecule has 3 aromatic rings. The van der Waals surface area contributed by atoms with E-state index in [9.17, 15) is 59.5 Å². The molecular weight excluding hydrogens is 799 g/mol. The zero-order chi connectivity index (χ0) is 43.8. The molecule has 59 heavy (non-hydrogen) atoms. The van der Waals surface area contributed by atoms with Gasteiger partial charge in [0, 0.05) is 56.6 Å². The third kappa shape index (κ3) is 10.9. The molecule has 0 aliphatic carbocycles. The zero-order valence-electron chi connectivity index (χ0n) is 31.4. The Hall–Kier alpha value is -6.51. The molecule has 0 aromatic heterocycles. The molecule has 2 heterocycles. The molecule has 6 N–H and O–H groups in total. The van der Waals surface area contributed by atoms with Crippen LogP contribution in [0.5, 0.6) is 5.75 Å². The van der Waals surface area contributed by atoms with Crippen molar-refractivity contribution < 1.29 is 64.2 Å². The smallest absolute Gasteiger partial charge is 0.409 e. The Bertz CT molecular complexity index is 2130. The summed E-state index contributed by atoms with van der Waals surface area (Å²) >= 11 is 0. The minimum atomic E-state index is -5.37. The molecule has 2 aliphatic rings. The predicted octanol–water partition coefficient (Wildman–Crippen LogP) is 5.82. The average molecular weight is 838 g/mol. The van der Waals surface area contributed by atoms with Crippen LogP contribution in [0.15, 0.2) is 60.8 Å². The third-order valence-corrected chi connectivity index (χ3v) is 8.99. The van der Waals surface area contributed by atoms with E-state index in [4.69, 9.17) is 16.3 Å². The van der Waals surface area contributed by atoms with E-state index in [-0.39, 0.29) is 48.2 Å². The van der Waals surface area contributed by atoms with Crippen molar-refractivity contribution >= 4 is 53.1 Å². The minimum Gasteiger partial charge on any atom is -0.409 e. The van der Waals surface area contributed by atoms with Crippen molar-refractivity contribution in [1.82, 2.24) is 15.2 Å². The minimum absolute atomic E-state index is 0.0321. The molecule has 0 bridgehead atoms. The number of halogens is 7. The average Bonchev–Trinajstić information content (AvgIpc) is 3.42. The molecule has 1 saturated heterocycles. The lowest BCUT2D eigenvalue weighted by molar-refractivity contribution is -0.144. The van der Waals surface area contributed by atoms with Crippen molar-refractivity contribution in [2.75, 3.05) is 30.9 Å². The highest BCUT2D eigenvalue weighted by Crippen LogP contribution is 2.44. The second-order valence-corrected chi connectivity index (χ2v) is 13.1. The summed E-state index contributed by atoms with van der Waals surface area (Å²) in [5, 5.41) is 5.99. The van der Waals surface area contributed by atoms with Crippen LogP contribution in [0.3, 0.4) is 0 Å². The maximum absolute atomic E-state index is 13.9. The summed E-state index contributed by atoms with van der Waals surface area (Å²) in [7, 11) is 2.76. The van der Waals surface area contributed by atoms with E-state index in [2.05, 4.69) is 10.6 Å². The summed E-state index contributed by atoms with van der Waals surface area (Å²) in [5.74, 6) is 1.87. The molecule has 0 saturated carbocycles. The summed E-state index contributed by atoms with van der Waals surface area (Å²) in [5.41, 5.74) is 1.91. The molecule has 1 fully saturated rings. The van der Waals surface area contributed by atoms with Gasteiger partial charge in [0.05, 0.1) is 28.0 Å². The molecule has 5 amide bonds. The van der Waals surface area contributed by atoms with Crippen LogP contribution in [-0.4, -0.2) is 72.6 Å². The molecular formula is C38H38F7N7O7. The van der Waals surface area contributed by atoms with Gasteiger partial charge in [-0.3, -0.25) is 34.3 Å². The summed E-state index contributed by atoms with van der Waals surface area (Å²) in [6.45, 7) is 0.118. The van der Waals surface area contributed by atoms with Crippen molar-refractivity contribution in [2.45, 2.75) is 56.9 Å². The molecule has 5 rings (SSSR count). The number of rotatable bonds is 12. The van der Waals surface area contributed by atoms with Crippen molar-refractivity contribution in [1.29, 1.82) is 0 Å². The van der Waals surface area contributed by atoms with E-state index in [1.54, 1.807) is 25.2 Å². The van der Waals surface area contributed by atoms with E-state index < -0.39 is 76.2 Å². The van der Waals surface area contributed by atoms with E-state index in [0.29, 0.717) is 37.4 Å². The number of carbonyl (C=O) groups is 6. The van der Waals surface area contributed by atoms with Crippen LogP contribution in [0.4, 0.5) is 46.9 Å². The van der Waals surface area contributed by atoms with E-state index >= 15 is 0 Å². The number of piperidine rings is 1. The number of nitrogens with two attached hydrogens (primary N) is 2. The number of hydrogen-bond donors (Lipinski definition) is 4. The highest BCUT2D eigenvalue weighted by atomic mass is 19.4. The molecule has 0 radical (unpaired) electrons. The Morgan fingerprint density at radius 2 is 1.66 bits per heavy atom. The lowest BCUT2D eigenvalue weighted by Gasteiger charge is -2.27. The Morgan fingerprint density at radius 3 is 2.25 bits per heavy atom. The largest absolute Gasteiger partial charge is 0.420 e. The summed E-state index contributed by atoms with van der Waals surface area (Å²) < 4.78 is 100. The standard InChI is InChI=1S/C24H25F7N4O3.C14H13N3O4/c1-34(17-8-6-16(25)7-9-17)22(37)38-21-18(20(32)14-35(33)10-4-2-3-5-11-36)12-15(23(26,27)28)13-19(21)24(29,30)31;1-15-8-4-2-3-7-11(8)14(21)17(13(7)20)9-5-6-10(18)16-12(9)19/h6-9,11-14H,2-5,10,32-33H2,1H3;2-4,9,15H,5-6H2,1H3,(H,16,18,19)/b20-14-;. The van der Waals surface area contributed by atoms with Crippen molar-refractivity contribution in [3.63, 3.8) is 0 Å². The number of hydrogen-bond acceptors (Lipinski definition) is 11. The lowest BCUT2D eigenvalue weighted by Crippen LogP contribution is -2.54. The fraction of sp³-hybridized carbons (Fsp3) is 0.316. The second-order valence-electron chi connectivity index (χ2n) is 13.1. The second kappa shape index (κ2) is 18.8. The number of amides is 5. The number of hydrazine groups is 1. The SMILES string of the molecule is CN(C(=O)Oc1c(/C(N)=C/N(N)CCCCCC=O)cc(C(F)(F)F)cc1C(F)(F)F)c1ccc(F)cc1.CNc1cccc2c1C(=O)N(C1CCC(=O)NC1=O)C2=O. The Balaban J connectivity index is 0.000000305. The van der Waals surface area contributed by atoms with Crippen LogP contribution in [0.25, 0.3) is 5.70 Å². The molecule has 0 spiro atoms. The highest BCUT2D eigenvalue weighted by Gasteiger charge is 2.46. The number of carbonyl (C=O) groups excluding carboxylic acids is 6. The number of benzene rings is 3. The maximum Gasteiger partial charge on any atom is 0.420 e. The summed E-state index contributed by atoms with van der Waals surface area (Å²) in [6.07, 6.45) is -8.12. The van der Waals surface area contributed by atoms with Gasteiger partial charge in [0.1, 0.15) is 18.1 Å². The van der Waals surface area contributed by atoms with Crippen molar-refractivity contribution in [3.05, 3.63) is 94.4 Å². The molecule has 3 aromatic carbocycles. The van der Waals surface area contributed by atoms with Gasteiger partial charge in [-0.15, -0.1) is 0 Å². The van der Waals surface area contributed by atoms with Crippen molar-refractivity contribution in [2.24, 2.45) is 11.6 Å². The summed E-state index contributed by atoms with van der Waals surface area (Å²) in [6, 6.07) is 8.38. The molecule has 1 unspecified atom stereocenters. The van der Waals surface area contributed by atoms with Gasteiger partial charge in [-0.05, 0) is 67.8 Å². The predicted molar refractivity (Wildman–Crippen MR) is 198 cm³/mol. The first kappa shape index (κ1) is 45.2. The van der Waals surface area contributed by atoms with Gasteiger partial charge in [0.25, 0.3) is 11.8 Å². The van der Waals surface area contributed by atoms with Crippen LogP contribution >= 0.6 is 0 Å². The van der Waals surface area contributed by atoms with Crippen LogP contribution in [0.2, 0.25) is 0 Å². The first-order valence-electron chi connectivity index (χ1n) is 17.7. The number of nitrogens with one attached hydrogen (secondary N) is 2. The summed E-state index contributed by atoms with van der Waals surface area (Å²) in [4.78, 5) is 72.7. The first-order chi connectivity index (χ1) is 27.7. The normalized spacial score (nSPS) is 15.5. The van der Waals surface area contributed by atoms with Gasteiger partial charge >= 0.3 is 18.4 Å². The number of imide groups is 2. The van der Waals surface area contributed by atoms with Crippen molar-refractivity contribution in [3.8, 4) is 5.75 Å². The van der Waals surface area contributed by atoms with Crippen LogP contribution in [0, 0.1) is 5.82 Å². The zero-order valence-corrected chi connectivity index (χ0v) is 31.4. The molecule has 316 valence electrons. The maximum atomic E-state index is 13.9. The molecule has 1 atom stereocenters. The van der Waals surface area contributed by atoms with Gasteiger partial charge in [-0.1, -0.05) is 12.5 Å². The monoisotopic (exact) mass is 837 g/mol. The molecule has 14 nitrogen and oxygen atoms in total. The lowest BCUT2D eigenvalue weighted by atomic mass is 10.0. The van der Waals surface area contributed by atoms with E-state index in [1.165, 1.54) is 0 Å². The Kier molecular flexibility index (Phi) is 14.4. The number of alkyl halides is 6. The van der Waals surface area contributed by atoms with Gasteiger partial charge < -0.3 is 25.6 Å². The Labute approximate surface area is 331 Å². The first-order valence-corrected chi connectivity index (χ1v) is 17.7. The number of aldehydes is 1. The van der Waals surface area contributed by atoms with E-state index in [0.717, 1.165) is 58.6 Å². The van der Waals surface area contributed by atoms with Crippen LogP contribution in [0.1, 0.15) is 75.9 Å². The fourth-order valence-corrected chi connectivity index (χ4v) is 5.99. The van der Waals surface area contributed by atoms with Gasteiger partial charge in [-0.2, -0.15) is 26.3 Å². The Morgan fingerprint density at radius 1 is 0.983 bits per heavy atom.